The van der Waals surface area contributed by atoms with Crippen LogP contribution in [0.5, 0.6) is 5.75 Å². The van der Waals surface area contributed by atoms with Crippen molar-refractivity contribution in [1.29, 1.82) is 0 Å². The number of ether oxygens (including phenoxy) is 1. The smallest absolute Gasteiger partial charge is 0.387 e. The fourth-order valence-electron chi connectivity index (χ4n) is 2.70. The van der Waals surface area contributed by atoms with Gasteiger partial charge in [-0.1, -0.05) is 19.1 Å². The first kappa shape index (κ1) is 17.4. The van der Waals surface area contributed by atoms with Gasteiger partial charge in [-0.05, 0) is 43.0 Å². The van der Waals surface area contributed by atoms with Gasteiger partial charge in [0, 0.05) is 25.5 Å². The molecule has 4 nitrogen and oxygen atoms in total. The lowest BCUT2D eigenvalue weighted by Crippen LogP contribution is -2.23. The molecule has 23 heavy (non-hydrogen) atoms. The fourth-order valence-corrected chi connectivity index (χ4v) is 2.70. The zero-order valence-electron chi connectivity index (χ0n) is 13.7. The summed E-state index contributed by atoms with van der Waals surface area (Å²) in [5.74, 6) is 0.741. The highest BCUT2D eigenvalue weighted by molar-refractivity contribution is 5.43. The van der Waals surface area contributed by atoms with Crippen molar-refractivity contribution in [1.82, 2.24) is 14.9 Å². The number of alkyl halides is 2. The van der Waals surface area contributed by atoms with E-state index in [1.807, 2.05) is 24.7 Å². The highest BCUT2D eigenvalue weighted by Gasteiger charge is 2.11. The first-order chi connectivity index (χ1) is 11.0. The fraction of sp³-hybridized carbons (Fsp3) is 0.471. The molecule has 0 amide bonds. The minimum absolute atomic E-state index is 0.275. The van der Waals surface area contributed by atoms with Crippen molar-refractivity contribution < 1.29 is 13.5 Å². The van der Waals surface area contributed by atoms with E-state index in [1.54, 1.807) is 20.0 Å². The molecule has 2 aromatic rings. The lowest BCUT2D eigenvalue weighted by Gasteiger charge is -2.15. The summed E-state index contributed by atoms with van der Waals surface area (Å²) in [6, 6.07) is 3.77. The Morgan fingerprint density at radius 1 is 1.26 bits per heavy atom. The zero-order chi connectivity index (χ0) is 16.8. The van der Waals surface area contributed by atoms with Crippen LogP contribution in [-0.2, 0) is 13.1 Å². The van der Waals surface area contributed by atoms with E-state index in [4.69, 9.17) is 0 Å². The van der Waals surface area contributed by atoms with Crippen LogP contribution in [0.3, 0.4) is 0 Å². The first-order valence-corrected chi connectivity index (χ1v) is 7.67. The Labute approximate surface area is 135 Å². The average molecular weight is 323 g/mol. The van der Waals surface area contributed by atoms with E-state index in [0.717, 1.165) is 29.8 Å². The molecule has 0 saturated heterocycles. The predicted molar refractivity (Wildman–Crippen MR) is 85.6 cm³/mol. The van der Waals surface area contributed by atoms with Crippen LogP contribution in [0.2, 0.25) is 0 Å². The Hall–Kier alpha value is -1.95. The van der Waals surface area contributed by atoms with Gasteiger partial charge < -0.3 is 14.6 Å². The Morgan fingerprint density at radius 2 is 1.96 bits per heavy atom. The molecule has 0 spiro atoms. The molecule has 0 fully saturated rings. The summed E-state index contributed by atoms with van der Waals surface area (Å²) >= 11 is 0. The Morgan fingerprint density at radius 3 is 2.52 bits per heavy atom. The van der Waals surface area contributed by atoms with Crippen LogP contribution in [0.15, 0.2) is 30.9 Å². The summed E-state index contributed by atoms with van der Waals surface area (Å²) in [4.78, 5) is 4.03. The second-order valence-corrected chi connectivity index (χ2v) is 5.93. The number of benzene rings is 1. The van der Waals surface area contributed by atoms with Gasteiger partial charge in [0.2, 0.25) is 0 Å². The van der Waals surface area contributed by atoms with Crippen LogP contribution >= 0.6 is 0 Å². The number of nitrogens with one attached hydrogen (secondary N) is 1. The number of halogens is 2. The van der Waals surface area contributed by atoms with Crippen LogP contribution in [0, 0.1) is 19.8 Å². The zero-order valence-corrected chi connectivity index (χ0v) is 13.7. The van der Waals surface area contributed by atoms with Crippen LogP contribution in [0.1, 0.15) is 23.6 Å². The quantitative estimate of drug-likeness (QED) is 0.808. The van der Waals surface area contributed by atoms with Gasteiger partial charge >= 0.3 is 6.61 Å². The van der Waals surface area contributed by atoms with E-state index in [2.05, 4.69) is 26.5 Å². The predicted octanol–water partition coefficient (Wildman–Crippen LogP) is 3.53. The molecule has 1 atom stereocenters. The van der Waals surface area contributed by atoms with Crippen LogP contribution in [-0.4, -0.2) is 22.7 Å². The van der Waals surface area contributed by atoms with Crippen molar-refractivity contribution >= 4 is 0 Å². The molecule has 0 bridgehead atoms. The molecule has 0 aliphatic carbocycles. The van der Waals surface area contributed by atoms with Gasteiger partial charge in [0.1, 0.15) is 5.75 Å². The summed E-state index contributed by atoms with van der Waals surface area (Å²) in [7, 11) is 0. The number of imidazole rings is 1. The molecule has 0 aliphatic heterocycles. The second-order valence-electron chi connectivity index (χ2n) is 5.93. The van der Waals surface area contributed by atoms with Crippen molar-refractivity contribution in [2.75, 3.05) is 6.54 Å². The van der Waals surface area contributed by atoms with Gasteiger partial charge in [-0.2, -0.15) is 8.78 Å². The standard InChI is InChI=1S/C17H23F2N3O/c1-12(10-22-5-4-20-11-22)8-21-9-15-6-13(2)16(14(3)7-15)23-17(18)19/h4-7,11-12,17,21H,8-10H2,1-3H3. The normalized spacial score (nSPS) is 12.6. The Kier molecular flexibility index (Phi) is 6.10. The third kappa shape index (κ3) is 5.32. The maximum Gasteiger partial charge on any atom is 0.387 e. The average Bonchev–Trinajstić information content (AvgIpc) is 2.95. The summed E-state index contributed by atoms with van der Waals surface area (Å²) in [5, 5.41) is 3.41. The van der Waals surface area contributed by atoms with Crippen molar-refractivity contribution in [2.24, 2.45) is 5.92 Å². The molecule has 1 N–H and O–H groups in total. The van der Waals surface area contributed by atoms with Crippen molar-refractivity contribution in [3.8, 4) is 5.75 Å². The molecule has 126 valence electrons. The summed E-state index contributed by atoms with van der Waals surface area (Å²) < 4.78 is 31.4. The molecular formula is C17H23F2N3O. The molecule has 6 heteroatoms. The lowest BCUT2D eigenvalue weighted by molar-refractivity contribution is -0.0507. The third-order valence-corrected chi connectivity index (χ3v) is 3.63. The number of hydrogen-bond acceptors (Lipinski definition) is 3. The summed E-state index contributed by atoms with van der Waals surface area (Å²) in [5.41, 5.74) is 2.53. The highest BCUT2D eigenvalue weighted by atomic mass is 19.3. The van der Waals surface area contributed by atoms with Gasteiger partial charge in [-0.25, -0.2) is 4.98 Å². The van der Waals surface area contributed by atoms with E-state index in [1.165, 1.54) is 0 Å². The Bertz CT molecular complexity index is 591. The third-order valence-electron chi connectivity index (χ3n) is 3.63. The maximum absolute atomic E-state index is 12.4. The second kappa shape index (κ2) is 8.06. The number of aryl methyl sites for hydroxylation is 2. The Balaban J connectivity index is 1.86. The van der Waals surface area contributed by atoms with Crippen molar-refractivity contribution in [2.45, 2.75) is 40.5 Å². The lowest BCUT2D eigenvalue weighted by atomic mass is 10.1. The van der Waals surface area contributed by atoms with E-state index in [-0.39, 0.29) is 5.75 Å². The summed E-state index contributed by atoms with van der Waals surface area (Å²) in [6.45, 7) is 5.43. The molecule has 1 unspecified atom stereocenters. The molecule has 1 aromatic carbocycles. The SMILES string of the molecule is Cc1cc(CNCC(C)Cn2ccnc2)cc(C)c1OC(F)F. The van der Waals surface area contributed by atoms with Crippen molar-refractivity contribution in [3.05, 3.63) is 47.5 Å². The molecule has 0 saturated carbocycles. The summed E-state index contributed by atoms with van der Waals surface area (Å²) in [6.07, 6.45) is 5.53. The van der Waals surface area contributed by atoms with Gasteiger partial charge in [0.05, 0.1) is 6.33 Å². The topological polar surface area (TPSA) is 39.1 Å². The molecule has 1 aromatic heterocycles. The molecule has 0 aliphatic rings. The number of nitrogens with zero attached hydrogens (tertiary/aromatic N) is 2. The molecule has 1 heterocycles. The van der Waals surface area contributed by atoms with Crippen LogP contribution < -0.4 is 10.1 Å². The van der Waals surface area contributed by atoms with Gasteiger partial charge in [-0.15, -0.1) is 0 Å². The van der Waals surface area contributed by atoms with E-state index >= 15 is 0 Å². The number of rotatable bonds is 8. The van der Waals surface area contributed by atoms with Gasteiger partial charge in [0.15, 0.2) is 0 Å². The first-order valence-electron chi connectivity index (χ1n) is 7.67. The monoisotopic (exact) mass is 323 g/mol. The van der Waals surface area contributed by atoms with Crippen LogP contribution in [0.25, 0.3) is 0 Å². The molecule has 0 radical (unpaired) electrons. The van der Waals surface area contributed by atoms with Gasteiger partial charge in [0.25, 0.3) is 0 Å². The number of aromatic nitrogens is 2. The van der Waals surface area contributed by atoms with Gasteiger partial charge in [-0.3, -0.25) is 0 Å². The van der Waals surface area contributed by atoms with Crippen LogP contribution in [0.4, 0.5) is 8.78 Å². The minimum atomic E-state index is -2.79. The minimum Gasteiger partial charge on any atom is -0.434 e. The molecule has 2 rings (SSSR count). The van der Waals surface area contributed by atoms with E-state index < -0.39 is 6.61 Å². The number of hydrogen-bond donors (Lipinski definition) is 1. The highest BCUT2D eigenvalue weighted by Crippen LogP contribution is 2.26. The van der Waals surface area contributed by atoms with E-state index in [9.17, 15) is 8.78 Å². The maximum atomic E-state index is 12.4. The van der Waals surface area contributed by atoms with Crippen molar-refractivity contribution in [3.63, 3.8) is 0 Å². The molecular weight excluding hydrogens is 300 g/mol. The van der Waals surface area contributed by atoms with E-state index in [0.29, 0.717) is 12.5 Å². The largest absolute Gasteiger partial charge is 0.434 e.